The van der Waals surface area contributed by atoms with Gasteiger partial charge in [0.1, 0.15) is 11.2 Å². The molecule has 17 heavy (non-hydrogen) atoms. The zero-order valence-corrected chi connectivity index (χ0v) is 10.1. The summed E-state index contributed by atoms with van der Waals surface area (Å²) in [4.78, 5) is 11.6. The van der Waals surface area contributed by atoms with Crippen LogP contribution in [0.25, 0.3) is 0 Å². The summed E-state index contributed by atoms with van der Waals surface area (Å²) >= 11 is 0. The predicted octanol–water partition coefficient (Wildman–Crippen LogP) is 1.26. The molecule has 0 heterocycles. The Bertz CT molecular complexity index is 432. The molecular formula is C13H17NO3. The SMILES string of the molecule is CNC[C@@H]1C[C@]1(C(=O)O)c1ccccc1OC. The lowest BCUT2D eigenvalue weighted by atomic mass is 9.92. The van der Waals surface area contributed by atoms with Gasteiger partial charge in [0.05, 0.1) is 7.11 Å². The fraction of sp³-hybridized carbons (Fsp3) is 0.462. The molecule has 1 aromatic carbocycles. The van der Waals surface area contributed by atoms with E-state index in [1.165, 1.54) is 0 Å². The second-order valence-corrected chi connectivity index (χ2v) is 4.44. The number of rotatable bonds is 5. The minimum atomic E-state index is -0.768. The van der Waals surface area contributed by atoms with Crippen LogP contribution in [0.5, 0.6) is 5.75 Å². The van der Waals surface area contributed by atoms with Crippen molar-refractivity contribution in [2.24, 2.45) is 5.92 Å². The van der Waals surface area contributed by atoms with E-state index in [2.05, 4.69) is 5.32 Å². The van der Waals surface area contributed by atoms with E-state index in [4.69, 9.17) is 4.74 Å². The normalized spacial score (nSPS) is 26.6. The summed E-state index contributed by atoms with van der Waals surface area (Å²) in [5.41, 5.74) is 0.0190. The number of methoxy groups -OCH3 is 1. The Morgan fingerprint density at radius 2 is 2.29 bits per heavy atom. The van der Waals surface area contributed by atoms with Gasteiger partial charge in [-0.2, -0.15) is 0 Å². The molecule has 0 bridgehead atoms. The lowest BCUT2D eigenvalue weighted by Crippen LogP contribution is -2.26. The third kappa shape index (κ3) is 1.78. The van der Waals surface area contributed by atoms with Crippen molar-refractivity contribution in [3.63, 3.8) is 0 Å². The summed E-state index contributed by atoms with van der Waals surface area (Å²) in [6.45, 7) is 0.713. The highest BCUT2D eigenvalue weighted by Crippen LogP contribution is 2.56. The van der Waals surface area contributed by atoms with Gasteiger partial charge in [0.2, 0.25) is 0 Å². The molecule has 1 aromatic rings. The fourth-order valence-corrected chi connectivity index (χ4v) is 2.54. The molecular weight excluding hydrogens is 218 g/mol. The summed E-state index contributed by atoms with van der Waals surface area (Å²) < 4.78 is 5.26. The largest absolute Gasteiger partial charge is 0.496 e. The fourth-order valence-electron chi connectivity index (χ4n) is 2.54. The van der Waals surface area contributed by atoms with Crippen molar-refractivity contribution >= 4 is 5.97 Å². The zero-order chi connectivity index (χ0) is 12.5. The first-order chi connectivity index (χ1) is 8.16. The molecule has 2 N–H and O–H groups in total. The molecule has 0 spiro atoms. The highest BCUT2D eigenvalue weighted by atomic mass is 16.5. The molecule has 1 aliphatic carbocycles. The topological polar surface area (TPSA) is 58.6 Å². The second-order valence-electron chi connectivity index (χ2n) is 4.44. The number of hydrogen-bond acceptors (Lipinski definition) is 3. The molecule has 1 saturated carbocycles. The summed E-state index contributed by atoms with van der Waals surface area (Å²) in [6.07, 6.45) is 0.670. The minimum Gasteiger partial charge on any atom is -0.496 e. The maximum atomic E-state index is 11.6. The standard InChI is InChI=1S/C13H17NO3/c1-14-8-9-7-13(9,12(15)16)10-5-3-4-6-11(10)17-2/h3-6,9,14H,7-8H2,1-2H3,(H,15,16)/t9-,13+/m0/s1. The van der Waals surface area contributed by atoms with Crippen molar-refractivity contribution in [2.75, 3.05) is 20.7 Å². The Labute approximate surface area is 101 Å². The second kappa shape index (κ2) is 4.37. The number of para-hydroxylation sites is 1. The molecule has 92 valence electrons. The molecule has 2 atom stereocenters. The van der Waals surface area contributed by atoms with Crippen molar-refractivity contribution in [3.8, 4) is 5.75 Å². The minimum absolute atomic E-state index is 0.140. The van der Waals surface area contributed by atoms with E-state index < -0.39 is 11.4 Å². The summed E-state index contributed by atoms with van der Waals surface area (Å²) in [6, 6.07) is 7.38. The third-order valence-electron chi connectivity index (χ3n) is 3.52. The molecule has 1 aliphatic rings. The number of carboxylic acid groups (broad SMARTS) is 1. The van der Waals surface area contributed by atoms with E-state index in [-0.39, 0.29) is 5.92 Å². The summed E-state index contributed by atoms with van der Waals surface area (Å²) in [7, 11) is 3.41. The lowest BCUT2D eigenvalue weighted by Gasteiger charge is -2.16. The third-order valence-corrected chi connectivity index (χ3v) is 3.52. The Morgan fingerprint density at radius 3 is 2.88 bits per heavy atom. The van der Waals surface area contributed by atoms with E-state index >= 15 is 0 Å². The van der Waals surface area contributed by atoms with Gasteiger partial charge >= 0.3 is 5.97 Å². The van der Waals surface area contributed by atoms with Gasteiger partial charge in [-0.25, -0.2) is 0 Å². The number of carboxylic acids is 1. The van der Waals surface area contributed by atoms with Crippen LogP contribution in [0.3, 0.4) is 0 Å². The molecule has 0 radical (unpaired) electrons. The maximum Gasteiger partial charge on any atom is 0.314 e. The molecule has 0 aromatic heterocycles. The molecule has 2 rings (SSSR count). The van der Waals surface area contributed by atoms with Gasteiger partial charge in [0, 0.05) is 5.56 Å². The number of benzene rings is 1. The van der Waals surface area contributed by atoms with Crippen LogP contribution in [0, 0.1) is 5.92 Å². The Morgan fingerprint density at radius 1 is 1.59 bits per heavy atom. The average Bonchev–Trinajstić information content (AvgIpc) is 3.05. The Balaban J connectivity index is 2.39. The molecule has 1 fully saturated rings. The monoisotopic (exact) mass is 235 g/mol. The van der Waals surface area contributed by atoms with E-state index in [1.807, 2.05) is 31.3 Å². The van der Waals surface area contributed by atoms with E-state index in [1.54, 1.807) is 7.11 Å². The lowest BCUT2D eigenvalue weighted by molar-refractivity contribution is -0.140. The van der Waals surface area contributed by atoms with Crippen molar-refractivity contribution in [2.45, 2.75) is 11.8 Å². The summed E-state index contributed by atoms with van der Waals surface area (Å²) in [5.74, 6) is 0.0389. The molecule has 0 saturated heterocycles. The number of nitrogens with one attached hydrogen (secondary N) is 1. The van der Waals surface area contributed by atoms with Gasteiger partial charge < -0.3 is 15.2 Å². The van der Waals surface area contributed by atoms with Crippen LogP contribution in [0.4, 0.5) is 0 Å². The number of hydrogen-bond donors (Lipinski definition) is 2. The molecule has 4 nitrogen and oxygen atoms in total. The van der Waals surface area contributed by atoms with Crippen LogP contribution in [-0.2, 0) is 10.2 Å². The van der Waals surface area contributed by atoms with E-state index in [9.17, 15) is 9.90 Å². The number of ether oxygens (including phenoxy) is 1. The van der Waals surface area contributed by atoms with Crippen LogP contribution >= 0.6 is 0 Å². The van der Waals surface area contributed by atoms with E-state index in [0.29, 0.717) is 18.7 Å². The first kappa shape index (κ1) is 11.9. The van der Waals surface area contributed by atoms with Crippen LogP contribution < -0.4 is 10.1 Å². The Hall–Kier alpha value is -1.55. The Kier molecular flexibility index (Phi) is 3.07. The van der Waals surface area contributed by atoms with Crippen molar-refractivity contribution in [1.29, 1.82) is 0 Å². The first-order valence-electron chi connectivity index (χ1n) is 5.68. The number of carbonyl (C=O) groups is 1. The zero-order valence-electron chi connectivity index (χ0n) is 10.1. The molecule has 4 heteroatoms. The maximum absolute atomic E-state index is 11.6. The predicted molar refractivity (Wildman–Crippen MR) is 64.3 cm³/mol. The molecule has 0 unspecified atom stereocenters. The van der Waals surface area contributed by atoms with Gasteiger partial charge in [0.25, 0.3) is 0 Å². The summed E-state index contributed by atoms with van der Waals surface area (Å²) in [5, 5.41) is 12.5. The number of aliphatic carboxylic acids is 1. The van der Waals surface area contributed by atoms with Crippen molar-refractivity contribution < 1.29 is 14.6 Å². The average molecular weight is 235 g/mol. The van der Waals surface area contributed by atoms with Crippen LogP contribution in [0.2, 0.25) is 0 Å². The quantitative estimate of drug-likeness (QED) is 0.806. The molecule has 0 aliphatic heterocycles. The van der Waals surface area contributed by atoms with Crippen LogP contribution in [0.15, 0.2) is 24.3 Å². The van der Waals surface area contributed by atoms with Gasteiger partial charge in [-0.1, -0.05) is 18.2 Å². The van der Waals surface area contributed by atoms with Gasteiger partial charge in [0.15, 0.2) is 0 Å². The highest BCUT2D eigenvalue weighted by Gasteiger charge is 2.62. The highest BCUT2D eigenvalue weighted by molar-refractivity contribution is 5.87. The van der Waals surface area contributed by atoms with Gasteiger partial charge in [-0.05, 0) is 32.0 Å². The van der Waals surface area contributed by atoms with Gasteiger partial charge in [-0.15, -0.1) is 0 Å². The van der Waals surface area contributed by atoms with E-state index in [0.717, 1.165) is 5.56 Å². The van der Waals surface area contributed by atoms with Crippen LogP contribution in [-0.4, -0.2) is 31.8 Å². The van der Waals surface area contributed by atoms with Crippen LogP contribution in [0.1, 0.15) is 12.0 Å². The first-order valence-corrected chi connectivity index (χ1v) is 5.68. The van der Waals surface area contributed by atoms with Crippen molar-refractivity contribution in [3.05, 3.63) is 29.8 Å². The van der Waals surface area contributed by atoms with Gasteiger partial charge in [-0.3, -0.25) is 4.79 Å². The van der Waals surface area contributed by atoms with Crippen molar-refractivity contribution in [1.82, 2.24) is 5.32 Å². The molecule has 0 amide bonds. The smallest absolute Gasteiger partial charge is 0.314 e.